The molecule has 2 saturated heterocycles. The van der Waals surface area contributed by atoms with Crippen molar-refractivity contribution in [2.45, 2.75) is 26.7 Å². The molecule has 7 heteroatoms. The van der Waals surface area contributed by atoms with Crippen LogP contribution in [0.25, 0.3) is 0 Å². The number of amides is 2. The van der Waals surface area contributed by atoms with Gasteiger partial charge < -0.3 is 14.7 Å². The lowest BCUT2D eigenvalue weighted by Crippen LogP contribution is -2.50. The molecule has 124 valence electrons. The Hall–Kier alpha value is -2.18. The van der Waals surface area contributed by atoms with Crippen LogP contribution in [-0.4, -0.2) is 70.9 Å². The van der Waals surface area contributed by atoms with Crippen molar-refractivity contribution in [1.82, 2.24) is 19.8 Å². The minimum Gasteiger partial charge on any atom is -0.356 e. The Kier molecular flexibility index (Phi) is 4.45. The lowest BCUT2D eigenvalue weighted by molar-refractivity contribution is -0.130. The number of hydrogen-bond donors (Lipinski definition) is 0. The van der Waals surface area contributed by atoms with Gasteiger partial charge in [-0.2, -0.15) is 0 Å². The largest absolute Gasteiger partial charge is 0.356 e. The number of aromatic nitrogens is 2. The molecule has 2 amide bonds. The average molecular weight is 317 g/mol. The van der Waals surface area contributed by atoms with Crippen LogP contribution in [0.4, 0.5) is 5.82 Å². The summed E-state index contributed by atoms with van der Waals surface area (Å²) in [5, 5.41) is 0. The van der Waals surface area contributed by atoms with Gasteiger partial charge in [0.05, 0.1) is 0 Å². The lowest BCUT2D eigenvalue weighted by atomic mass is 10.2. The summed E-state index contributed by atoms with van der Waals surface area (Å²) in [6.07, 6.45) is 2.33. The predicted octanol–water partition coefficient (Wildman–Crippen LogP) is 0.690. The van der Waals surface area contributed by atoms with Gasteiger partial charge in [-0.25, -0.2) is 9.97 Å². The SMILES string of the molecule is CC(=O)N1CCN(C(=O)c2cc(N3CCCC3)nc(C)n2)CC1. The van der Waals surface area contributed by atoms with Crippen molar-refractivity contribution >= 4 is 17.6 Å². The molecule has 3 heterocycles. The number of piperazine rings is 1. The summed E-state index contributed by atoms with van der Waals surface area (Å²) in [4.78, 5) is 38.6. The molecule has 0 radical (unpaired) electrons. The van der Waals surface area contributed by atoms with Gasteiger partial charge in [-0.15, -0.1) is 0 Å². The topological polar surface area (TPSA) is 69.6 Å². The van der Waals surface area contributed by atoms with Gasteiger partial charge in [0, 0.05) is 52.3 Å². The standard InChI is InChI=1S/C16H23N5O2/c1-12-17-14(11-15(18-12)20-5-3-4-6-20)16(23)21-9-7-19(8-10-21)13(2)22/h11H,3-10H2,1-2H3. The Balaban J connectivity index is 1.73. The molecule has 7 nitrogen and oxygen atoms in total. The first-order chi connectivity index (χ1) is 11.0. The van der Waals surface area contributed by atoms with Crippen molar-refractivity contribution < 1.29 is 9.59 Å². The Morgan fingerprint density at radius 1 is 0.957 bits per heavy atom. The first-order valence-corrected chi connectivity index (χ1v) is 8.20. The maximum Gasteiger partial charge on any atom is 0.272 e. The second kappa shape index (κ2) is 6.52. The molecule has 0 unspecified atom stereocenters. The number of hydrogen-bond acceptors (Lipinski definition) is 5. The third-order valence-corrected chi connectivity index (χ3v) is 4.49. The number of aryl methyl sites for hydroxylation is 1. The van der Waals surface area contributed by atoms with Crippen molar-refractivity contribution in [1.29, 1.82) is 0 Å². The number of carbonyl (C=O) groups is 2. The van der Waals surface area contributed by atoms with Gasteiger partial charge in [0.2, 0.25) is 5.91 Å². The molecule has 0 bridgehead atoms. The van der Waals surface area contributed by atoms with E-state index in [0.717, 1.165) is 18.9 Å². The molecule has 2 fully saturated rings. The predicted molar refractivity (Wildman–Crippen MR) is 86.4 cm³/mol. The molecule has 0 aliphatic carbocycles. The van der Waals surface area contributed by atoms with Crippen LogP contribution < -0.4 is 4.90 Å². The minimum atomic E-state index is -0.0702. The lowest BCUT2D eigenvalue weighted by Gasteiger charge is -2.34. The summed E-state index contributed by atoms with van der Waals surface area (Å²) in [6, 6.07) is 1.80. The van der Waals surface area contributed by atoms with E-state index in [1.54, 1.807) is 22.8 Å². The van der Waals surface area contributed by atoms with E-state index >= 15 is 0 Å². The average Bonchev–Trinajstić information content (AvgIpc) is 3.08. The van der Waals surface area contributed by atoms with Gasteiger partial charge >= 0.3 is 0 Å². The van der Waals surface area contributed by atoms with E-state index in [0.29, 0.717) is 37.7 Å². The molecular weight excluding hydrogens is 294 g/mol. The molecule has 3 rings (SSSR count). The van der Waals surface area contributed by atoms with Crippen molar-refractivity contribution in [3.63, 3.8) is 0 Å². The number of nitrogens with zero attached hydrogens (tertiary/aromatic N) is 5. The highest BCUT2D eigenvalue weighted by molar-refractivity contribution is 5.93. The molecule has 2 aliphatic rings. The third-order valence-electron chi connectivity index (χ3n) is 4.49. The van der Waals surface area contributed by atoms with Gasteiger partial charge in [-0.3, -0.25) is 9.59 Å². The molecule has 2 aliphatic heterocycles. The minimum absolute atomic E-state index is 0.0614. The Labute approximate surface area is 136 Å². The van der Waals surface area contributed by atoms with E-state index < -0.39 is 0 Å². The fraction of sp³-hybridized carbons (Fsp3) is 0.625. The van der Waals surface area contributed by atoms with Gasteiger partial charge in [-0.05, 0) is 19.8 Å². The first-order valence-electron chi connectivity index (χ1n) is 8.20. The van der Waals surface area contributed by atoms with Gasteiger partial charge in [0.15, 0.2) is 0 Å². The van der Waals surface area contributed by atoms with Crippen LogP contribution in [0.2, 0.25) is 0 Å². The second-order valence-electron chi connectivity index (χ2n) is 6.15. The van der Waals surface area contributed by atoms with Crippen LogP contribution in [0.15, 0.2) is 6.07 Å². The van der Waals surface area contributed by atoms with Gasteiger partial charge in [-0.1, -0.05) is 0 Å². The number of rotatable bonds is 2. The van der Waals surface area contributed by atoms with Crippen LogP contribution in [-0.2, 0) is 4.79 Å². The highest BCUT2D eigenvalue weighted by atomic mass is 16.2. The monoisotopic (exact) mass is 317 g/mol. The van der Waals surface area contributed by atoms with E-state index in [2.05, 4.69) is 14.9 Å². The maximum absolute atomic E-state index is 12.7. The second-order valence-corrected chi connectivity index (χ2v) is 6.15. The van der Waals surface area contributed by atoms with Gasteiger partial charge in [0.25, 0.3) is 5.91 Å². The first kappa shape index (κ1) is 15.7. The quantitative estimate of drug-likeness (QED) is 0.803. The van der Waals surface area contributed by atoms with Crippen molar-refractivity contribution in [3.8, 4) is 0 Å². The van der Waals surface area contributed by atoms with E-state index in [1.807, 2.05) is 6.92 Å². The zero-order chi connectivity index (χ0) is 16.4. The highest BCUT2D eigenvalue weighted by Crippen LogP contribution is 2.19. The zero-order valence-corrected chi connectivity index (χ0v) is 13.8. The number of anilines is 1. The molecule has 0 atom stereocenters. The third kappa shape index (κ3) is 3.43. The van der Waals surface area contributed by atoms with Crippen LogP contribution >= 0.6 is 0 Å². The number of carbonyl (C=O) groups excluding carboxylic acids is 2. The molecule has 0 aromatic carbocycles. The zero-order valence-electron chi connectivity index (χ0n) is 13.8. The van der Waals surface area contributed by atoms with Gasteiger partial charge in [0.1, 0.15) is 17.3 Å². The highest BCUT2D eigenvalue weighted by Gasteiger charge is 2.25. The van der Waals surface area contributed by atoms with E-state index in [9.17, 15) is 9.59 Å². The Morgan fingerprint density at radius 2 is 1.57 bits per heavy atom. The van der Waals surface area contributed by atoms with E-state index in [-0.39, 0.29) is 11.8 Å². The summed E-state index contributed by atoms with van der Waals surface area (Å²) in [5.74, 6) is 1.46. The fourth-order valence-corrected chi connectivity index (χ4v) is 3.16. The van der Waals surface area contributed by atoms with Crippen LogP contribution in [0, 0.1) is 6.92 Å². The van der Waals surface area contributed by atoms with E-state index in [4.69, 9.17) is 0 Å². The maximum atomic E-state index is 12.7. The van der Waals surface area contributed by atoms with E-state index in [1.165, 1.54) is 12.8 Å². The molecular formula is C16H23N5O2. The van der Waals surface area contributed by atoms with Crippen LogP contribution in [0.3, 0.4) is 0 Å². The summed E-state index contributed by atoms with van der Waals surface area (Å²) in [5.41, 5.74) is 0.454. The Morgan fingerprint density at radius 3 is 2.17 bits per heavy atom. The smallest absolute Gasteiger partial charge is 0.272 e. The Bertz CT molecular complexity index is 604. The molecule has 1 aromatic heterocycles. The molecule has 0 saturated carbocycles. The van der Waals surface area contributed by atoms with Crippen molar-refractivity contribution in [2.75, 3.05) is 44.2 Å². The fourth-order valence-electron chi connectivity index (χ4n) is 3.16. The molecule has 0 spiro atoms. The normalized spacial score (nSPS) is 18.4. The molecule has 1 aromatic rings. The summed E-state index contributed by atoms with van der Waals surface area (Å²) in [7, 11) is 0. The summed E-state index contributed by atoms with van der Waals surface area (Å²) >= 11 is 0. The summed E-state index contributed by atoms with van der Waals surface area (Å²) < 4.78 is 0. The van der Waals surface area contributed by atoms with Crippen LogP contribution in [0.1, 0.15) is 36.1 Å². The summed E-state index contributed by atoms with van der Waals surface area (Å²) in [6.45, 7) is 7.65. The van der Waals surface area contributed by atoms with Crippen molar-refractivity contribution in [3.05, 3.63) is 17.6 Å². The van der Waals surface area contributed by atoms with Crippen LogP contribution in [0.5, 0.6) is 0 Å². The van der Waals surface area contributed by atoms with Crippen molar-refractivity contribution in [2.24, 2.45) is 0 Å². The molecule has 0 N–H and O–H groups in total. The molecule has 23 heavy (non-hydrogen) atoms.